The van der Waals surface area contributed by atoms with Crippen LogP contribution in [0.15, 0.2) is 0 Å². The summed E-state index contributed by atoms with van der Waals surface area (Å²) in [5.41, 5.74) is 0. The molecule has 0 aliphatic carbocycles. The van der Waals surface area contributed by atoms with Crippen molar-refractivity contribution in [1.82, 2.24) is 4.90 Å². The minimum absolute atomic E-state index is 0.225. The van der Waals surface area contributed by atoms with E-state index in [0.29, 0.717) is 11.8 Å². The Morgan fingerprint density at radius 1 is 1.50 bits per heavy atom. The first-order chi connectivity index (χ1) is 6.81. The van der Waals surface area contributed by atoms with E-state index in [1.165, 1.54) is 0 Å². The Bertz CT molecular complexity index is 216. The third kappa shape index (κ3) is 2.06. The highest BCUT2D eigenvalue weighted by Gasteiger charge is 2.31. The van der Waals surface area contributed by atoms with Gasteiger partial charge in [-0.1, -0.05) is 0 Å². The number of aliphatic hydroxyl groups excluding tert-OH is 1. The van der Waals surface area contributed by atoms with Crippen LogP contribution < -0.4 is 0 Å². The first-order valence-electron chi connectivity index (χ1n) is 5.28. The quantitative estimate of drug-likeness (QED) is 0.732. The van der Waals surface area contributed by atoms with Crippen LogP contribution in [0.5, 0.6) is 0 Å². The van der Waals surface area contributed by atoms with Gasteiger partial charge in [-0.05, 0) is 18.6 Å². The van der Waals surface area contributed by atoms with Crippen molar-refractivity contribution < 1.29 is 9.90 Å². The number of likely N-dealkylation sites (tertiary alicyclic amines) is 1. The molecule has 1 amide bonds. The van der Waals surface area contributed by atoms with Crippen molar-refractivity contribution in [2.24, 2.45) is 11.8 Å². The van der Waals surface area contributed by atoms with Gasteiger partial charge in [-0.3, -0.25) is 4.79 Å². The van der Waals surface area contributed by atoms with Crippen LogP contribution in [0.1, 0.15) is 12.8 Å². The van der Waals surface area contributed by atoms with Gasteiger partial charge >= 0.3 is 0 Å². The molecule has 3 nitrogen and oxygen atoms in total. The molecule has 2 unspecified atom stereocenters. The Morgan fingerprint density at radius 3 is 2.93 bits per heavy atom. The molecular weight excluding hydrogens is 198 g/mol. The SMILES string of the molecule is O=C(C1CCSC1)N1CCC(CO)C1. The minimum atomic E-state index is 0.225. The molecule has 2 aliphatic rings. The second-order valence-corrected chi connectivity index (χ2v) is 5.33. The molecular formula is C10H17NO2S. The fourth-order valence-corrected chi connectivity index (χ4v) is 3.38. The standard InChI is InChI=1S/C10H17NO2S/c12-6-8-1-3-11(5-8)10(13)9-2-4-14-7-9/h8-9,12H,1-7H2. The Labute approximate surface area is 88.9 Å². The predicted octanol–water partition coefficient (Wildman–Crippen LogP) is 0.580. The van der Waals surface area contributed by atoms with Gasteiger partial charge in [0, 0.05) is 37.3 Å². The first-order valence-corrected chi connectivity index (χ1v) is 6.44. The third-order valence-electron chi connectivity index (χ3n) is 3.13. The minimum Gasteiger partial charge on any atom is -0.396 e. The summed E-state index contributed by atoms with van der Waals surface area (Å²) >= 11 is 1.88. The molecule has 1 N–H and O–H groups in total. The molecule has 80 valence electrons. The lowest BCUT2D eigenvalue weighted by atomic mass is 10.1. The maximum atomic E-state index is 11.9. The maximum absolute atomic E-state index is 11.9. The lowest BCUT2D eigenvalue weighted by Crippen LogP contribution is -2.34. The van der Waals surface area contributed by atoms with E-state index in [4.69, 9.17) is 5.11 Å². The number of carbonyl (C=O) groups is 1. The normalized spacial score (nSPS) is 32.5. The third-order valence-corrected chi connectivity index (χ3v) is 4.30. The van der Waals surface area contributed by atoms with Gasteiger partial charge in [0.15, 0.2) is 0 Å². The van der Waals surface area contributed by atoms with Gasteiger partial charge in [0.1, 0.15) is 0 Å². The van der Waals surface area contributed by atoms with E-state index >= 15 is 0 Å². The summed E-state index contributed by atoms with van der Waals surface area (Å²) in [7, 11) is 0. The van der Waals surface area contributed by atoms with Crippen LogP contribution in [0, 0.1) is 11.8 Å². The molecule has 2 fully saturated rings. The molecule has 2 atom stereocenters. The van der Waals surface area contributed by atoms with E-state index in [-0.39, 0.29) is 12.5 Å². The molecule has 0 spiro atoms. The van der Waals surface area contributed by atoms with Gasteiger partial charge in [-0.25, -0.2) is 0 Å². The highest BCUT2D eigenvalue weighted by atomic mass is 32.2. The summed E-state index contributed by atoms with van der Waals surface area (Å²) < 4.78 is 0. The first kappa shape index (κ1) is 10.3. The van der Waals surface area contributed by atoms with Crippen molar-refractivity contribution >= 4 is 17.7 Å². The highest BCUT2D eigenvalue weighted by molar-refractivity contribution is 7.99. The number of hydrogen-bond acceptors (Lipinski definition) is 3. The zero-order chi connectivity index (χ0) is 9.97. The van der Waals surface area contributed by atoms with E-state index in [2.05, 4.69) is 0 Å². The number of rotatable bonds is 2. The highest BCUT2D eigenvalue weighted by Crippen LogP contribution is 2.27. The van der Waals surface area contributed by atoms with Crippen molar-refractivity contribution in [2.45, 2.75) is 12.8 Å². The van der Waals surface area contributed by atoms with Crippen LogP contribution in [-0.4, -0.2) is 47.1 Å². The average molecular weight is 215 g/mol. The number of hydrogen-bond donors (Lipinski definition) is 1. The maximum Gasteiger partial charge on any atom is 0.226 e. The number of aliphatic hydroxyl groups is 1. The van der Waals surface area contributed by atoms with E-state index in [9.17, 15) is 4.79 Å². The van der Waals surface area contributed by atoms with E-state index < -0.39 is 0 Å². The fraction of sp³-hybridized carbons (Fsp3) is 0.900. The van der Waals surface area contributed by atoms with Crippen molar-refractivity contribution in [3.05, 3.63) is 0 Å². The topological polar surface area (TPSA) is 40.5 Å². The Kier molecular flexibility index (Phi) is 3.34. The zero-order valence-corrected chi connectivity index (χ0v) is 9.13. The molecule has 2 saturated heterocycles. The second-order valence-electron chi connectivity index (χ2n) is 4.18. The molecule has 0 aromatic heterocycles. The lowest BCUT2D eigenvalue weighted by molar-refractivity contribution is -0.133. The Morgan fingerprint density at radius 2 is 2.36 bits per heavy atom. The smallest absolute Gasteiger partial charge is 0.226 e. The molecule has 2 aliphatic heterocycles. The Hall–Kier alpha value is -0.220. The molecule has 2 heterocycles. The summed E-state index contributed by atoms with van der Waals surface area (Å²) in [6.07, 6.45) is 2.02. The number of thioether (sulfide) groups is 1. The summed E-state index contributed by atoms with van der Waals surface area (Å²) in [5.74, 6) is 3.05. The summed E-state index contributed by atoms with van der Waals surface area (Å²) in [5, 5.41) is 8.99. The van der Waals surface area contributed by atoms with Crippen LogP contribution in [0.4, 0.5) is 0 Å². The van der Waals surface area contributed by atoms with Gasteiger partial charge < -0.3 is 10.0 Å². The lowest BCUT2D eigenvalue weighted by Gasteiger charge is -2.19. The second kappa shape index (κ2) is 4.53. The van der Waals surface area contributed by atoms with Crippen molar-refractivity contribution in [3.8, 4) is 0 Å². The van der Waals surface area contributed by atoms with E-state index in [1.54, 1.807) is 0 Å². The van der Waals surface area contributed by atoms with E-state index in [0.717, 1.165) is 37.4 Å². The van der Waals surface area contributed by atoms with Crippen molar-refractivity contribution in [2.75, 3.05) is 31.2 Å². The van der Waals surface area contributed by atoms with Gasteiger partial charge in [-0.2, -0.15) is 11.8 Å². The largest absolute Gasteiger partial charge is 0.396 e. The predicted molar refractivity (Wildman–Crippen MR) is 57.2 cm³/mol. The molecule has 0 radical (unpaired) electrons. The van der Waals surface area contributed by atoms with Gasteiger partial charge in [-0.15, -0.1) is 0 Å². The fourth-order valence-electron chi connectivity index (χ4n) is 2.17. The van der Waals surface area contributed by atoms with Crippen molar-refractivity contribution in [1.29, 1.82) is 0 Å². The molecule has 0 saturated carbocycles. The zero-order valence-electron chi connectivity index (χ0n) is 8.32. The number of nitrogens with zero attached hydrogens (tertiary/aromatic N) is 1. The molecule has 2 rings (SSSR count). The Balaban J connectivity index is 1.86. The van der Waals surface area contributed by atoms with Crippen LogP contribution in [0.2, 0.25) is 0 Å². The van der Waals surface area contributed by atoms with Crippen molar-refractivity contribution in [3.63, 3.8) is 0 Å². The van der Waals surface area contributed by atoms with Crippen LogP contribution in [0.25, 0.3) is 0 Å². The van der Waals surface area contributed by atoms with E-state index in [1.807, 2.05) is 16.7 Å². The summed E-state index contributed by atoms with van der Waals surface area (Å²) in [6.45, 7) is 1.85. The van der Waals surface area contributed by atoms with Crippen LogP contribution in [-0.2, 0) is 4.79 Å². The molecule has 0 bridgehead atoms. The molecule has 0 aromatic carbocycles. The molecule has 0 aromatic rings. The van der Waals surface area contributed by atoms with Gasteiger partial charge in [0.2, 0.25) is 5.91 Å². The summed E-state index contributed by atoms with van der Waals surface area (Å²) in [4.78, 5) is 13.9. The van der Waals surface area contributed by atoms with Gasteiger partial charge in [0.25, 0.3) is 0 Å². The van der Waals surface area contributed by atoms with Crippen LogP contribution in [0.3, 0.4) is 0 Å². The molecule has 4 heteroatoms. The van der Waals surface area contributed by atoms with Crippen LogP contribution >= 0.6 is 11.8 Å². The van der Waals surface area contributed by atoms with Gasteiger partial charge in [0.05, 0.1) is 0 Å². The monoisotopic (exact) mass is 215 g/mol. The number of amides is 1. The molecule has 14 heavy (non-hydrogen) atoms. The summed E-state index contributed by atoms with van der Waals surface area (Å²) in [6, 6.07) is 0. The average Bonchev–Trinajstić information content (AvgIpc) is 2.88. The number of carbonyl (C=O) groups excluding carboxylic acids is 1.